The standard InChI is InChI=1S/C50H68N2O5Si/c1-10-34-51-44-24-17-15-22-42(44)49(6,7)46(51)32-26-38-20-19-21-39(27-33-47-50(8,9)43-23-16-18-25-45(43)52(47)35-11-2)48(38)57-41-30-28-40(29-31-41)53-36-37-58(54-12-3,55-13-4)56-14-5/h15-18,22-33,46H,10-14,19-21,34-37H2,1-9H3. The molecule has 3 aliphatic rings. The second kappa shape index (κ2) is 19.3. The van der Waals surface area contributed by atoms with E-state index in [0.29, 0.717) is 32.5 Å². The van der Waals surface area contributed by atoms with Crippen LogP contribution in [0.5, 0.6) is 11.5 Å². The molecule has 1 aliphatic carbocycles. The molecule has 6 rings (SSSR count). The van der Waals surface area contributed by atoms with E-state index in [2.05, 4.69) is 124 Å². The zero-order valence-corrected chi connectivity index (χ0v) is 37.7. The first-order valence-electron chi connectivity index (χ1n) is 21.9. The number of para-hydroxylation sites is 2. The lowest BCUT2D eigenvalue weighted by atomic mass is 9.80. The fourth-order valence-corrected chi connectivity index (χ4v) is 11.5. The Morgan fingerprint density at radius 1 is 0.707 bits per heavy atom. The van der Waals surface area contributed by atoms with Gasteiger partial charge in [0.05, 0.1) is 18.7 Å². The van der Waals surface area contributed by atoms with Gasteiger partial charge in [0.25, 0.3) is 0 Å². The Balaban J connectivity index is 1.33. The first-order chi connectivity index (χ1) is 28.0. The van der Waals surface area contributed by atoms with E-state index < -0.39 is 8.80 Å². The summed E-state index contributed by atoms with van der Waals surface area (Å²) in [6, 6.07) is 26.7. The zero-order valence-electron chi connectivity index (χ0n) is 36.7. The third-order valence-corrected chi connectivity index (χ3v) is 14.9. The fourth-order valence-electron chi connectivity index (χ4n) is 9.17. The molecule has 2 heterocycles. The van der Waals surface area contributed by atoms with Crippen molar-refractivity contribution in [2.24, 2.45) is 0 Å². The first-order valence-corrected chi connectivity index (χ1v) is 23.8. The molecule has 0 amide bonds. The van der Waals surface area contributed by atoms with E-state index in [0.717, 1.165) is 62.5 Å². The maximum atomic E-state index is 6.99. The lowest BCUT2D eigenvalue weighted by molar-refractivity contribution is 0.0675. The summed E-state index contributed by atoms with van der Waals surface area (Å²) in [6.45, 7) is 24.0. The Bertz CT molecular complexity index is 1940. The van der Waals surface area contributed by atoms with Crippen molar-refractivity contribution in [1.29, 1.82) is 0 Å². The van der Waals surface area contributed by atoms with E-state index in [1.807, 2.05) is 45.0 Å². The average Bonchev–Trinajstić information content (AvgIpc) is 3.56. The summed E-state index contributed by atoms with van der Waals surface area (Å²) >= 11 is 0. The van der Waals surface area contributed by atoms with Crippen molar-refractivity contribution in [2.75, 3.05) is 49.3 Å². The zero-order chi connectivity index (χ0) is 41.3. The molecule has 0 bridgehead atoms. The molecule has 1 atom stereocenters. The molecule has 3 aromatic carbocycles. The van der Waals surface area contributed by atoms with Crippen LogP contribution < -0.4 is 19.3 Å². The van der Waals surface area contributed by atoms with Crippen LogP contribution in [0.25, 0.3) is 0 Å². The van der Waals surface area contributed by atoms with E-state index in [9.17, 15) is 0 Å². The largest absolute Gasteiger partial charge is 0.504 e. The minimum Gasteiger partial charge on any atom is -0.494 e. The van der Waals surface area contributed by atoms with Crippen LogP contribution in [0.2, 0.25) is 6.04 Å². The van der Waals surface area contributed by atoms with Gasteiger partial charge >= 0.3 is 8.80 Å². The van der Waals surface area contributed by atoms with Crippen molar-refractivity contribution in [3.05, 3.63) is 131 Å². The molecular formula is C50H68N2O5Si. The van der Waals surface area contributed by atoms with E-state index in [-0.39, 0.29) is 16.9 Å². The minimum atomic E-state index is -2.79. The van der Waals surface area contributed by atoms with E-state index in [1.165, 1.54) is 39.3 Å². The minimum absolute atomic E-state index is 0.0284. The molecule has 0 radical (unpaired) electrons. The molecule has 8 heteroatoms. The van der Waals surface area contributed by atoms with Gasteiger partial charge in [0.15, 0.2) is 0 Å². The van der Waals surface area contributed by atoms with Gasteiger partial charge in [0.2, 0.25) is 0 Å². The Morgan fingerprint density at radius 3 is 1.98 bits per heavy atom. The van der Waals surface area contributed by atoms with Crippen LogP contribution in [-0.4, -0.2) is 54.4 Å². The van der Waals surface area contributed by atoms with Crippen LogP contribution in [0.1, 0.15) is 106 Å². The Morgan fingerprint density at radius 2 is 1.33 bits per heavy atom. The summed E-state index contributed by atoms with van der Waals surface area (Å²) in [4.78, 5) is 5.12. The summed E-state index contributed by atoms with van der Waals surface area (Å²) in [5, 5.41) is 0. The second-order valence-corrected chi connectivity index (χ2v) is 19.4. The summed E-state index contributed by atoms with van der Waals surface area (Å²) in [5.41, 5.74) is 9.13. The topological polar surface area (TPSA) is 52.6 Å². The summed E-state index contributed by atoms with van der Waals surface area (Å²) in [5.74, 6) is 2.52. The third-order valence-electron chi connectivity index (χ3n) is 11.9. The highest BCUT2D eigenvalue weighted by Crippen LogP contribution is 2.48. The normalized spacial score (nSPS) is 20.1. The number of fused-ring (bicyclic) bond motifs is 2. The average molecular weight is 805 g/mol. The fraction of sp³-hybridized carbons (Fsp3) is 0.480. The number of anilines is 2. The van der Waals surface area contributed by atoms with Crippen LogP contribution in [0, 0.1) is 0 Å². The molecule has 1 unspecified atom stereocenters. The van der Waals surface area contributed by atoms with E-state index >= 15 is 0 Å². The summed E-state index contributed by atoms with van der Waals surface area (Å²) in [7, 11) is -2.79. The molecule has 0 aromatic heterocycles. The van der Waals surface area contributed by atoms with Crippen molar-refractivity contribution in [1.82, 2.24) is 0 Å². The number of hydrogen-bond acceptors (Lipinski definition) is 7. The lowest BCUT2D eigenvalue weighted by Crippen LogP contribution is -2.47. The first kappa shape index (κ1) is 43.5. The molecule has 7 nitrogen and oxygen atoms in total. The highest BCUT2D eigenvalue weighted by Gasteiger charge is 2.43. The van der Waals surface area contributed by atoms with Gasteiger partial charge in [-0.3, -0.25) is 0 Å². The molecular weight excluding hydrogens is 737 g/mol. The second-order valence-electron chi connectivity index (χ2n) is 16.6. The van der Waals surface area contributed by atoms with Gasteiger partial charge in [-0.05, 0) is 118 Å². The number of hydrogen-bond donors (Lipinski definition) is 0. The quantitative estimate of drug-likeness (QED) is 0.112. The third kappa shape index (κ3) is 9.21. The van der Waals surface area contributed by atoms with Crippen molar-refractivity contribution in [3.8, 4) is 11.5 Å². The van der Waals surface area contributed by atoms with Crippen molar-refractivity contribution in [3.63, 3.8) is 0 Å². The van der Waals surface area contributed by atoms with Gasteiger partial charge in [-0.2, -0.15) is 0 Å². The molecule has 0 saturated heterocycles. The molecule has 0 fully saturated rings. The number of ether oxygens (including phenoxy) is 2. The van der Waals surface area contributed by atoms with Gasteiger partial charge in [-0.15, -0.1) is 0 Å². The van der Waals surface area contributed by atoms with Gasteiger partial charge in [0, 0.05) is 60.8 Å². The van der Waals surface area contributed by atoms with Gasteiger partial charge in [-0.25, -0.2) is 0 Å². The van der Waals surface area contributed by atoms with Gasteiger partial charge in [-0.1, -0.05) is 96.2 Å². The number of allylic oxidation sites excluding steroid dienone is 6. The molecule has 58 heavy (non-hydrogen) atoms. The SMILES string of the molecule is CCCN1C(=CC=C2CCCC(C=CC3N(CCC)c4ccccc4C3(C)C)=C2Oc2ccc(OCC[Si](OCC)(OCC)OCC)cc2)C(C)(C)c2ccccc21. The predicted molar refractivity (Wildman–Crippen MR) is 242 cm³/mol. The lowest BCUT2D eigenvalue weighted by Gasteiger charge is -2.32. The van der Waals surface area contributed by atoms with Crippen molar-refractivity contribution < 1.29 is 22.8 Å². The van der Waals surface area contributed by atoms with Crippen LogP contribution in [0.3, 0.4) is 0 Å². The van der Waals surface area contributed by atoms with Gasteiger partial charge in [0.1, 0.15) is 17.3 Å². The smallest absolute Gasteiger partial charge is 0.494 e. The van der Waals surface area contributed by atoms with Gasteiger partial charge < -0.3 is 32.6 Å². The number of rotatable bonds is 19. The summed E-state index contributed by atoms with van der Waals surface area (Å²) in [6.07, 6.45) is 14.7. The maximum absolute atomic E-state index is 6.99. The number of nitrogens with zero attached hydrogens (tertiary/aromatic N) is 2. The van der Waals surface area contributed by atoms with Crippen molar-refractivity contribution in [2.45, 2.75) is 117 Å². The molecule has 3 aromatic rings. The molecule has 312 valence electrons. The highest BCUT2D eigenvalue weighted by atomic mass is 28.4. The van der Waals surface area contributed by atoms with Crippen LogP contribution >= 0.6 is 0 Å². The molecule has 2 aliphatic heterocycles. The maximum Gasteiger partial charge on any atom is 0.504 e. The van der Waals surface area contributed by atoms with Crippen molar-refractivity contribution >= 4 is 20.2 Å². The monoisotopic (exact) mass is 804 g/mol. The predicted octanol–water partition coefficient (Wildman–Crippen LogP) is 12.1. The van der Waals surface area contributed by atoms with Crippen LogP contribution in [0.4, 0.5) is 11.4 Å². The van der Waals surface area contributed by atoms with Crippen LogP contribution in [-0.2, 0) is 24.1 Å². The Labute approximate surface area is 350 Å². The molecule has 0 spiro atoms. The summed E-state index contributed by atoms with van der Waals surface area (Å²) < 4.78 is 31.3. The Hall–Kier alpha value is -4.08. The Kier molecular flexibility index (Phi) is 14.5. The highest BCUT2D eigenvalue weighted by molar-refractivity contribution is 6.60. The number of benzene rings is 3. The molecule has 0 N–H and O–H groups in total. The van der Waals surface area contributed by atoms with E-state index in [1.54, 1.807) is 0 Å². The molecule has 0 saturated carbocycles. The van der Waals surface area contributed by atoms with Crippen LogP contribution in [0.15, 0.2) is 120 Å². The van der Waals surface area contributed by atoms with E-state index in [4.69, 9.17) is 22.8 Å².